The Kier molecular flexibility index (Phi) is 6.23. The van der Waals surface area contributed by atoms with Crippen molar-refractivity contribution in [2.24, 2.45) is 0 Å². The van der Waals surface area contributed by atoms with E-state index in [0.29, 0.717) is 0 Å². The van der Waals surface area contributed by atoms with Gasteiger partial charge in [0.2, 0.25) is 0 Å². The van der Waals surface area contributed by atoms with Gasteiger partial charge >= 0.3 is 0 Å². The fraction of sp³-hybridized carbons (Fsp3) is 0.105. The normalized spacial score (nSPS) is 11.6. The van der Waals surface area contributed by atoms with Crippen molar-refractivity contribution in [1.29, 1.82) is 0 Å². The third kappa shape index (κ3) is 4.85. The molecular weight excluding hydrogens is 407 g/mol. The molecule has 0 saturated heterocycles. The molecule has 1 heterocycles. The number of nitro groups is 1. The van der Waals surface area contributed by atoms with Crippen molar-refractivity contribution in [3.8, 4) is 5.75 Å². The highest BCUT2D eigenvalue weighted by molar-refractivity contribution is 7.10. The maximum absolute atomic E-state index is 13.2. The second kappa shape index (κ2) is 8.81. The lowest BCUT2D eigenvalue weighted by Crippen LogP contribution is -2.33. The van der Waals surface area contributed by atoms with Gasteiger partial charge in [0.15, 0.2) is 6.61 Å². The number of nitro benzene ring substituents is 1. The molecule has 28 heavy (non-hydrogen) atoms. The minimum Gasteiger partial charge on any atom is -0.482 e. The lowest BCUT2D eigenvalue weighted by molar-refractivity contribution is -0.384. The number of benzene rings is 2. The number of carbonyl (C=O) groups excluding carboxylic acids is 1. The van der Waals surface area contributed by atoms with Crippen LogP contribution in [0.4, 0.5) is 10.1 Å². The predicted octanol–water partition coefficient (Wildman–Crippen LogP) is 4.73. The van der Waals surface area contributed by atoms with Crippen LogP contribution in [0.3, 0.4) is 0 Å². The van der Waals surface area contributed by atoms with Crippen LogP contribution in [0.25, 0.3) is 0 Å². The van der Waals surface area contributed by atoms with Gasteiger partial charge in [-0.1, -0.05) is 29.8 Å². The standard InChI is InChI=1S/C19H14ClFN2O4S/c20-15-10-14(23(25)26)7-8-16(15)27-11-18(24)22-19(17-2-1-9-28-17)12-3-5-13(21)6-4-12/h1-10,19H,11H2,(H,22,24). The Bertz CT molecular complexity index is 980. The molecule has 0 aliphatic rings. The highest BCUT2D eigenvalue weighted by Crippen LogP contribution is 2.29. The van der Waals surface area contributed by atoms with Crippen LogP contribution in [0.1, 0.15) is 16.5 Å². The van der Waals surface area contributed by atoms with Crippen LogP contribution in [0.15, 0.2) is 60.0 Å². The van der Waals surface area contributed by atoms with E-state index in [1.54, 1.807) is 12.1 Å². The Balaban J connectivity index is 1.69. The molecule has 0 fully saturated rings. The molecule has 1 N–H and O–H groups in total. The SMILES string of the molecule is O=C(COc1ccc([N+](=O)[O-])cc1Cl)NC(c1ccc(F)cc1)c1cccs1. The van der Waals surface area contributed by atoms with E-state index in [-0.39, 0.29) is 28.9 Å². The molecule has 0 saturated carbocycles. The summed E-state index contributed by atoms with van der Waals surface area (Å²) in [5.74, 6) is -0.620. The minimum atomic E-state index is -0.573. The van der Waals surface area contributed by atoms with Crippen molar-refractivity contribution >= 4 is 34.5 Å². The Morgan fingerprint density at radius 3 is 2.61 bits per heavy atom. The van der Waals surface area contributed by atoms with E-state index in [9.17, 15) is 19.3 Å². The van der Waals surface area contributed by atoms with Crippen molar-refractivity contribution in [1.82, 2.24) is 5.32 Å². The molecule has 0 bridgehead atoms. The van der Waals surface area contributed by atoms with Crippen molar-refractivity contribution < 1.29 is 18.8 Å². The molecule has 3 aromatic rings. The molecule has 0 radical (unpaired) electrons. The van der Waals surface area contributed by atoms with Crippen molar-refractivity contribution in [3.63, 3.8) is 0 Å². The Morgan fingerprint density at radius 2 is 2.00 bits per heavy atom. The summed E-state index contributed by atoms with van der Waals surface area (Å²) >= 11 is 7.42. The Morgan fingerprint density at radius 1 is 1.25 bits per heavy atom. The zero-order valence-electron chi connectivity index (χ0n) is 14.3. The summed E-state index contributed by atoms with van der Waals surface area (Å²) in [6, 6.07) is 12.9. The number of hydrogen-bond acceptors (Lipinski definition) is 5. The van der Waals surface area contributed by atoms with Crippen LogP contribution in [-0.2, 0) is 4.79 Å². The van der Waals surface area contributed by atoms with Gasteiger partial charge in [-0.25, -0.2) is 4.39 Å². The van der Waals surface area contributed by atoms with E-state index in [2.05, 4.69) is 5.32 Å². The van der Waals surface area contributed by atoms with Crippen LogP contribution in [-0.4, -0.2) is 17.4 Å². The van der Waals surface area contributed by atoms with E-state index in [0.717, 1.165) is 16.5 Å². The fourth-order valence-corrected chi connectivity index (χ4v) is 3.53. The molecule has 0 aliphatic carbocycles. The number of hydrogen-bond donors (Lipinski definition) is 1. The van der Waals surface area contributed by atoms with Gasteiger partial charge in [0, 0.05) is 17.0 Å². The quantitative estimate of drug-likeness (QED) is 0.442. The van der Waals surface area contributed by atoms with Gasteiger partial charge in [0.1, 0.15) is 11.6 Å². The molecule has 1 atom stereocenters. The molecule has 6 nitrogen and oxygen atoms in total. The van der Waals surface area contributed by atoms with Crippen LogP contribution >= 0.6 is 22.9 Å². The first-order valence-corrected chi connectivity index (χ1v) is 9.35. The summed E-state index contributed by atoms with van der Waals surface area (Å²) in [6.07, 6.45) is 0. The molecule has 1 unspecified atom stereocenters. The molecule has 0 aliphatic heterocycles. The van der Waals surface area contributed by atoms with Crippen LogP contribution in [0, 0.1) is 15.9 Å². The summed E-state index contributed by atoms with van der Waals surface area (Å²) < 4.78 is 18.6. The summed E-state index contributed by atoms with van der Waals surface area (Å²) in [5, 5.41) is 15.5. The van der Waals surface area contributed by atoms with Gasteiger partial charge in [-0.05, 0) is 35.2 Å². The van der Waals surface area contributed by atoms with E-state index >= 15 is 0 Å². The monoisotopic (exact) mass is 420 g/mol. The van der Waals surface area contributed by atoms with Gasteiger partial charge in [-0.2, -0.15) is 0 Å². The molecule has 144 valence electrons. The lowest BCUT2D eigenvalue weighted by Gasteiger charge is -2.18. The molecule has 9 heteroatoms. The average Bonchev–Trinajstić information content (AvgIpc) is 3.20. The van der Waals surface area contributed by atoms with E-state index in [4.69, 9.17) is 16.3 Å². The van der Waals surface area contributed by atoms with Gasteiger partial charge in [-0.15, -0.1) is 11.3 Å². The van der Waals surface area contributed by atoms with Crippen molar-refractivity contribution in [2.45, 2.75) is 6.04 Å². The highest BCUT2D eigenvalue weighted by atomic mass is 35.5. The Hall–Kier alpha value is -2.97. The number of rotatable bonds is 7. The smallest absolute Gasteiger partial charge is 0.271 e. The third-order valence-corrected chi connectivity index (χ3v) is 5.05. The highest BCUT2D eigenvalue weighted by Gasteiger charge is 2.19. The number of nitrogens with one attached hydrogen (secondary N) is 1. The first-order chi connectivity index (χ1) is 13.4. The predicted molar refractivity (Wildman–Crippen MR) is 104 cm³/mol. The molecule has 0 spiro atoms. The molecule has 1 aromatic heterocycles. The zero-order valence-corrected chi connectivity index (χ0v) is 15.9. The number of thiophene rings is 1. The summed E-state index contributed by atoms with van der Waals surface area (Å²) in [7, 11) is 0. The number of halogens is 2. The summed E-state index contributed by atoms with van der Waals surface area (Å²) in [5.41, 5.74) is 0.557. The second-order valence-electron chi connectivity index (χ2n) is 5.73. The molecule has 1 amide bonds. The van der Waals surface area contributed by atoms with Gasteiger partial charge in [0.25, 0.3) is 11.6 Å². The lowest BCUT2D eigenvalue weighted by atomic mass is 10.1. The number of non-ortho nitro benzene ring substituents is 1. The topological polar surface area (TPSA) is 81.5 Å². The average molecular weight is 421 g/mol. The largest absolute Gasteiger partial charge is 0.482 e. The zero-order chi connectivity index (χ0) is 20.1. The molecule has 3 rings (SSSR count). The number of carbonyl (C=O) groups is 1. The van der Waals surface area contributed by atoms with E-state index in [1.807, 2.05) is 17.5 Å². The van der Waals surface area contributed by atoms with E-state index in [1.165, 1.54) is 35.6 Å². The molecular formula is C19H14ClFN2O4S. The number of ether oxygens (including phenoxy) is 1. The van der Waals surface area contributed by atoms with Crippen molar-refractivity contribution in [2.75, 3.05) is 6.61 Å². The fourth-order valence-electron chi connectivity index (χ4n) is 2.50. The maximum Gasteiger partial charge on any atom is 0.271 e. The first kappa shape index (κ1) is 19.8. The van der Waals surface area contributed by atoms with Gasteiger partial charge < -0.3 is 10.1 Å². The Labute approximate surface area is 168 Å². The summed E-state index contributed by atoms with van der Waals surface area (Å²) in [4.78, 5) is 23.4. The second-order valence-corrected chi connectivity index (χ2v) is 7.11. The van der Waals surface area contributed by atoms with Gasteiger partial charge in [-0.3, -0.25) is 14.9 Å². The van der Waals surface area contributed by atoms with Gasteiger partial charge in [0.05, 0.1) is 16.0 Å². The van der Waals surface area contributed by atoms with Crippen molar-refractivity contribution in [3.05, 3.63) is 91.4 Å². The van der Waals surface area contributed by atoms with Crippen LogP contribution in [0.5, 0.6) is 5.75 Å². The minimum absolute atomic E-state index is 0.0374. The third-order valence-electron chi connectivity index (χ3n) is 3.82. The van der Waals surface area contributed by atoms with Crippen LogP contribution in [0.2, 0.25) is 5.02 Å². The number of nitrogens with zero attached hydrogens (tertiary/aromatic N) is 1. The maximum atomic E-state index is 13.2. The summed E-state index contributed by atoms with van der Waals surface area (Å²) in [6.45, 7) is -0.333. The first-order valence-electron chi connectivity index (χ1n) is 8.09. The van der Waals surface area contributed by atoms with E-state index < -0.39 is 16.9 Å². The molecule has 2 aromatic carbocycles. The van der Waals surface area contributed by atoms with Crippen LogP contribution < -0.4 is 10.1 Å². The number of amides is 1.